The topological polar surface area (TPSA) is 69.2 Å². The maximum absolute atomic E-state index is 12.3. The van der Waals surface area contributed by atoms with Crippen LogP contribution in [0.25, 0.3) is 6.08 Å². The fourth-order valence-electron chi connectivity index (χ4n) is 2.50. The van der Waals surface area contributed by atoms with Crippen molar-refractivity contribution in [3.05, 3.63) is 51.3 Å². The summed E-state index contributed by atoms with van der Waals surface area (Å²) in [4.78, 5) is 17.3. The molecule has 1 amide bonds. The van der Waals surface area contributed by atoms with Gasteiger partial charge >= 0.3 is 0 Å². The normalized spacial score (nSPS) is 18.5. The Balaban J connectivity index is 1.62. The van der Waals surface area contributed by atoms with Crippen molar-refractivity contribution < 1.29 is 19.0 Å². The van der Waals surface area contributed by atoms with E-state index in [1.54, 1.807) is 13.2 Å². The molecule has 2 aliphatic rings. The molecule has 0 aliphatic carbocycles. The second kappa shape index (κ2) is 7.05. The highest BCUT2D eigenvalue weighted by Crippen LogP contribution is 2.39. The summed E-state index contributed by atoms with van der Waals surface area (Å²) in [5, 5.41) is 3.28. The van der Waals surface area contributed by atoms with Crippen LogP contribution in [0, 0.1) is 0 Å². The Morgan fingerprint density at radius 3 is 2.85 bits per heavy atom. The lowest BCUT2D eigenvalue weighted by Gasteiger charge is -2.03. The van der Waals surface area contributed by atoms with E-state index in [-0.39, 0.29) is 12.7 Å². The zero-order valence-electron chi connectivity index (χ0n) is 13.6. The van der Waals surface area contributed by atoms with Gasteiger partial charge in [0.25, 0.3) is 5.91 Å². The Kier molecular flexibility index (Phi) is 4.60. The van der Waals surface area contributed by atoms with Crippen molar-refractivity contribution >= 4 is 50.5 Å². The van der Waals surface area contributed by atoms with E-state index in [1.165, 1.54) is 11.8 Å². The van der Waals surface area contributed by atoms with E-state index in [4.69, 9.17) is 14.2 Å². The number of methoxy groups -OCH3 is 1. The third-order valence-electron chi connectivity index (χ3n) is 3.74. The number of thioether (sulfide) groups is 1. The van der Waals surface area contributed by atoms with Gasteiger partial charge in [0.05, 0.1) is 12.0 Å². The van der Waals surface area contributed by atoms with Gasteiger partial charge in [0.15, 0.2) is 16.7 Å². The lowest BCUT2D eigenvalue weighted by Crippen LogP contribution is -2.19. The molecule has 0 atom stereocenters. The predicted octanol–water partition coefficient (Wildman–Crippen LogP) is 4.08. The number of amides is 1. The minimum Gasteiger partial charge on any atom is -0.494 e. The van der Waals surface area contributed by atoms with Gasteiger partial charge in [-0.2, -0.15) is 0 Å². The molecule has 2 aliphatic heterocycles. The number of carbonyl (C=O) groups excluding carboxylic acids is 1. The van der Waals surface area contributed by atoms with Crippen molar-refractivity contribution in [2.75, 3.05) is 13.9 Å². The van der Waals surface area contributed by atoms with Crippen molar-refractivity contribution in [3.63, 3.8) is 0 Å². The van der Waals surface area contributed by atoms with Gasteiger partial charge < -0.3 is 19.5 Å². The van der Waals surface area contributed by atoms with E-state index in [0.717, 1.165) is 10.0 Å². The highest BCUT2D eigenvalue weighted by molar-refractivity contribution is 9.10. The number of para-hydroxylation sites is 2. The highest BCUT2D eigenvalue weighted by atomic mass is 79.9. The molecule has 0 saturated carbocycles. The smallest absolute Gasteiger partial charge is 0.264 e. The number of halogens is 1. The number of ether oxygens (including phenoxy) is 3. The minimum absolute atomic E-state index is 0.201. The summed E-state index contributed by atoms with van der Waals surface area (Å²) >= 11 is 4.77. The van der Waals surface area contributed by atoms with E-state index >= 15 is 0 Å². The molecule has 2 heterocycles. The highest BCUT2D eigenvalue weighted by Gasteiger charge is 2.25. The molecular weight excluding hydrogens is 420 g/mol. The molecule has 0 unspecified atom stereocenters. The van der Waals surface area contributed by atoms with Crippen LogP contribution in [0.15, 0.2) is 50.8 Å². The van der Waals surface area contributed by atoms with Crippen LogP contribution in [-0.2, 0) is 4.79 Å². The molecule has 6 nitrogen and oxygen atoms in total. The van der Waals surface area contributed by atoms with Gasteiger partial charge in [-0.25, -0.2) is 4.99 Å². The SMILES string of the molecule is COc1ccccc1N=C1NC(=O)/C(=C/c2cc3c(cc2Br)OCO3)S1. The number of hydrogen-bond acceptors (Lipinski definition) is 6. The zero-order valence-corrected chi connectivity index (χ0v) is 16.0. The first-order chi connectivity index (χ1) is 12.6. The first kappa shape index (κ1) is 17.0. The molecular formula is C18H13BrN2O4S. The van der Waals surface area contributed by atoms with Gasteiger partial charge in [-0.1, -0.05) is 28.1 Å². The van der Waals surface area contributed by atoms with E-state index in [0.29, 0.717) is 33.0 Å². The summed E-state index contributed by atoms with van der Waals surface area (Å²) in [6.45, 7) is 0.201. The van der Waals surface area contributed by atoms with Gasteiger partial charge in [-0.15, -0.1) is 0 Å². The number of nitrogens with zero attached hydrogens (tertiary/aromatic N) is 1. The molecule has 1 N–H and O–H groups in total. The van der Waals surface area contributed by atoms with Crippen molar-refractivity contribution in [1.29, 1.82) is 0 Å². The molecule has 8 heteroatoms. The van der Waals surface area contributed by atoms with Crippen molar-refractivity contribution in [2.45, 2.75) is 0 Å². The van der Waals surface area contributed by atoms with Crippen LogP contribution < -0.4 is 19.5 Å². The Hall–Kier alpha value is -2.45. The van der Waals surface area contributed by atoms with Gasteiger partial charge in [0.1, 0.15) is 11.4 Å². The summed E-state index contributed by atoms with van der Waals surface area (Å²) in [7, 11) is 1.59. The number of rotatable bonds is 3. The van der Waals surface area contributed by atoms with E-state index in [2.05, 4.69) is 26.2 Å². The van der Waals surface area contributed by atoms with Crippen LogP contribution in [0.5, 0.6) is 17.2 Å². The summed E-state index contributed by atoms with van der Waals surface area (Å²) in [6, 6.07) is 11.0. The Morgan fingerprint density at radius 1 is 1.27 bits per heavy atom. The maximum Gasteiger partial charge on any atom is 0.264 e. The van der Waals surface area contributed by atoms with E-state index < -0.39 is 0 Å². The van der Waals surface area contributed by atoms with Crippen LogP contribution in [0.3, 0.4) is 0 Å². The van der Waals surface area contributed by atoms with Gasteiger partial charge in [0, 0.05) is 4.47 Å². The van der Waals surface area contributed by atoms with Crippen LogP contribution in [0.4, 0.5) is 5.69 Å². The number of nitrogens with one attached hydrogen (secondary N) is 1. The van der Waals surface area contributed by atoms with Crippen molar-refractivity contribution in [2.24, 2.45) is 4.99 Å². The Morgan fingerprint density at radius 2 is 2.04 bits per heavy atom. The lowest BCUT2D eigenvalue weighted by atomic mass is 10.2. The number of benzene rings is 2. The zero-order chi connectivity index (χ0) is 18.1. The lowest BCUT2D eigenvalue weighted by molar-refractivity contribution is -0.115. The Bertz CT molecular complexity index is 958. The van der Waals surface area contributed by atoms with Crippen molar-refractivity contribution in [1.82, 2.24) is 5.32 Å². The number of amidine groups is 1. The fourth-order valence-corrected chi connectivity index (χ4v) is 3.76. The predicted molar refractivity (Wildman–Crippen MR) is 104 cm³/mol. The van der Waals surface area contributed by atoms with Crippen LogP contribution in [-0.4, -0.2) is 25.0 Å². The molecule has 4 rings (SSSR count). The number of fused-ring (bicyclic) bond motifs is 1. The van der Waals surface area contributed by atoms with Gasteiger partial charge in [-0.3, -0.25) is 4.79 Å². The molecule has 26 heavy (non-hydrogen) atoms. The third kappa shape index (κ3) is 3.30. The summed E-state index contributed by atoms with van der Waals surface area (Å²) in [5.41, 5.74) is 1.48. The van der Waals surface area contributed by atoms with E-state index in [9.17, 15) is 4.79 Å². The summed E-state index contributed by atoms with van der Waals surface area (Å²) < 4.78 is 16.8. The second-order valence-electron chi connectivity index (χ2n) is 5.38. The molecule has 0 spiro atoms. The summed E-state index contributed by atoms with van der Waals surface area (Å²) in [5.74, 6) is 1.78. The average molecular weight is 433 g/mol. The quantitative estimate of drug-likeness (QED) is 0.739. The molecule has 1 fully saturated rings. The summed E-state index contributed by atoms with van der Waals surface area (Å²) in [6.07, 6.45) is 1.79. The van der Waals surface area contributed by atoms with Crippen LogP contribution in [0.1, 0.15) is 5.56 Å². The van der Waals surface area contributed by atoms with Crippen molar-refractivity contribution in [3.8, 4) is 17.2 Å². The molecule has 2 aromatic carbocycles. The molecule has 1 saturated heterocycles. The number of carbonyl (C=O) groups is 1. The third-order valence-corrected chi connectivity index (χ3v) is 5.33. The first-order valence-electron chi connectivity index (χ1n) is 7.66. The second-order valence-corrected chi connectivity index (χ2v) is 7.27. The average Bonchev–Trinajstić information content (AvgIpc) is 3.22. The van der Waals surface area contributed by atoms with Gasteiger partial charge in [0.2, 0.25) is 6.79 Å². The monoisotopic (exact) mass is 432 g/mol. The largest absolute Gasteiger partial charge is 0.494 e. The number of aliphatic imine (C=N–C) groups is 1. The first-order valence-corrected chi connectivity index (χ1v) is 9.27. The molecule has 132 valence electrons. The van der Waals surface area contributed by atoms with Crippen LogP contribution in [0.2, 0.25) is 0 Å². The molecule has 0 radical (unpaired) electrons. The van der Waals surface area contributed by atoms with Crippen LogP contribution >= 0.6 is 27.7 Å². The van der Waals surface area contributed by atoms with Gasteiger partial charge in [-0.05, 0) is 47.7 Å². The maximum atomic E-state index is 12.3. The van der Waals surface area contributed by atoms with E-state index in [1.807, 2.05) is 36.4 Å². The molecule has 0 aromatic heterocycles. The minimum atomic E-state index is -0.201. The molecule has 0 bridgehead atoms. The fraction of sp³-hybridized carbons (Fsp3) is 0.111. The Labute approximate surface area is 162 Å². The molecule has 2 aromatic rings. The standard InChI is InChI=1S/C18H13BrN2O4S/c1-23-13-5-3-2-4-12(13)20-18-21-17(22)16(26-18)7-10-6-14-15(8-11(10)19)25-9-24-14/h2-8H,9H2,1H3,(H,20,21,22)/b16-7-. The number of hydrogen-bond donors (Lipinski definition) is 1.